The van der Waals surface area contributed by atoms with Crippen molar-refractivity contribution in [2.24, 2.45) is 0 Å². The smallest absolute Gasteiger partial charge is 0.189 e. The van der Waals surface area contributed by atoms with Crippen molar-refractivity contribution in [2.75, 3.05) is 6.61 Å². The molecule has 2 unspecified atom stereocenters. The number of fused-ring (bicyclic) bond motifs is 1. The van der Waals surface area contributed by atoms with Crippen molar-refractivity contribution < 1.29 is 15.3 Å². The zero-order valence-corrected chi connectivity index (χ0v) is 9.71. The van der Waals surface area contributed by atoms with Gasteiger partial charge in [-0.1, -0.05) is 12.1 Å². The number of hydrogen-bond donors (Lipinski definition) is 4. The first-order valence-electron chi connectivity index (χ1n) is 5.72. The molecule has 5 heteroatoms. The van der Waals surface area contributed by atoms with Gasteiger partial charge in [0.05, 0.1) is 11.6 Å². The van der Waals surface area contributed by atoms with E-state index in [-0.39, 0.29) is 18.5 Å². The lowest BCUT2D eigenvalue weighted by atomic mass is 9.99. The Labute approximate surface area is 103 Å². The van der Waals surface area contributed by atoms with Crippen molar-refractivity contribution in [3.8, 4) is 0 Å². The van der Waals surface area contributed by atoms with E-state index in [0.717, 1.165) is 0 Å². The molecule has 2 atom stereocenters. The zero-order valence-electron chi connectivity index (χ0n) is 9.71. The molecule has 18 heavy (non-hydrogen) atoms. The Balaban J connectivity index is 2.51. The number of aliphatic hydroxyl groups excluding tert-OH is 3. The Morgan fingerprint density at radius 2 is 2.00 bits per heavy atom. The van der Waals surface area contributed by atoms with Gasteiger partial charge in [0.15, 0.2) is 5.43 Å². The second-order valence-corrected chi connectivity index (χ2v) is 4.14. The highest BCUT2D eigenvalue weighted by molar-refractivity contribution is 5.81. The molecule has 0 saturated heterocycles. The van der Waals surface area contributed by atoms with Gasteiger partial charge in [0.25, 0.3) is 0 Å². The Kier molecular flexibility index (Phi) is 3.76. The summed E-state index contributed by atoms with van der Waals surface area (Å²) in [7, 11) is 0. The molecular formula is C13H15NO4. The highest BCUT2D eigenvalue weighted by Crippen LogP contribution is 2.24. The van der Waals surface area contributed by atoms with Crippen LogP contribution in [0.2, 0.25) is 0 Å². The molecule has 0 aliphatic carbocycles. The van der Waals surface area contributed by atoms with E-state index < -0.39 is 12.2 Å². The summed E-state index contributed by atoms with van der Waals surface area (Å²) >= 11 is 0. The second-order valence-electron chi connectivity index (χ2n) is 4.14. The van der Waals surface area contributed by atoms with Crippen LogP contribution in [0.1, 0.15) is 18.1 Å². The molecular weight excluding hydrogens is 234 g/mol. The maximum Gasteiger partial charge on any atom is 0.189 e. The fourth-order valence-electron chi connectivity index (χ4n) is 1.97. The molecule has 0 aliphatic heterocycles. The molecule has 0 fully saturated rings. The summed E-state index contributed by atoms with van der Waals surface area (Å²) < 4.78 is 0. The molecule has 2 rings (SSSR count). The lowest BCUT2D eigenvalue weighted by Gasteiger charge is -2.18. The lowest BCUT2D eigenvalue weighted by molar-refractivity contribution is 0.00491. The first-order valence-corrected chi connectivity index (χ1v) is 5.72. The van der Waals surface area contributed by atoms with Crippen molar-refractivity contribution in [1.29, 1.82) is 0 Å². The molecule has 1 aromatic heterocycles. The van der Waals surface area contributed by atoms with Crippen LogP contribution in [0.4, 0.5) is 0 Å². The molecule has 5 nitrogen and oxygen atoms in total. The number of hydrogen-bond acceptors (Lipinski definition) is 4. The summed E-state index contributed by atoms with van der Waals surface area (Å²) in [4.78, 5) is 14.5. The van der Waals surface area contributed by atoms with Gasteiger partial charge < -0.3 is 20.3 Å². The Bertz CT molecular complexity index is 593. The molecule has 0 amide bonds. The second kappa shape index (κ2) is 5.30. The van der Waals surface area contributed by atoms with Gasteiger partial charge in [0, 0.05) is 29.8 Å². The number of benzene rings is 1. The fraction of sp³-hybridized carbons (Fsp3) is 0.308. The maximum atomic E-state index is 11.6. The molecule has 0 bridgehead atoms. The molecule has 1 heterocycles. The predicted octanol–water partition coefficient (Wildman–Crippen LogP) is 0.305. The summed E-state index contributed by atoms with van der Waals surface area (Å²) in [6.07, 6.45) is -0.628. The number of para-hydroxylation sites is 1. The number of aromatic amines is 1. The summed E-state index contributed by atoms with van der Waals surface area (Å²) in [5.41, 5.74) is 0.815. The van der Waals surface area contributed by atoms with Crippen molar-refractivity contribution in [2.45, 2.75) is 18.6 Å². The van der Waals surface area contributed by atoms with Crippen LogP contribution in [0.3, 0.4) is 0 Å². The van der Waals surface area contributed by atoms with E-state index in [0.29, 0.717) is 16.5 Å². The van der Waals surface area contributed by atoms with Gasteiger partial charge >= 0.3 is 0 Å². The molecule has 0 aliphatic rings. The maximum absolute atomic E-state index is 11.6. The minimum Gasteiger partial charge on any atom is -0.396 e. The van der Waals surface area contributed by atoms with Crippen LogP contribution in [0, 0.1) is 0 Å². The summed E-state index contributed by atoms with van der Waals surface area (Å²) in [6.45, 7) is -0.209. The number of rotatable bonds is 4. The number of nitrogens with one attached hydrogen (secondary N) is 1. The first-order chi connectivity index (χ1) is 8.65. The van der Waals surface area contributed by atoms with E-state index in [4.69, 9.17) is 5.11 Å². The first kappa shape index (κ1) is 12.8. The summed E-state index contributed by atoms with van der Waals surface area (Å²) in [6, 6.07) is 6.36. The van der Waals surface area contributed by atoms with E-state index in [1.54, 1.807) is 18.2 Å². The average molecular weight is 249 g/mol. The topological polar surface area (TPSA) is 93.6 Å². The third-order valence-electron chi connectivity index (χ3n) is 2.93. The van der Waals surface area contributed by atoms with Crippen LogP contribution in [0.25, 0.3) is 10.9 Å². The SMILES string of the molecule is O=c1cc[nH]c2c(C(O)C(O)CCO)cccc12. The summed E-state index contributed by atoms with van der Waals surface area (Å²) in [5.74, 6) is 0. The van der Waals surface area contributed by atoms with E-state index in [2.05, 4.69) is 4.98 Å². The van der Waals surface area contributed by atoms with Crippen molar-refractivity contribution in [3.05, 3.63) is 46.2 Å². The monoisotopic (exact) mass is 249 g/mol. The Morgan fingerprint density at radius 1 is 1.22 bits per heavy atom. The van der Waals surface area contributed by atoms with Gasteiger partial charge in [-0.05, 0) is 12.5 Å². The van der Waals surface area contributed by atoms with E-state index in [1.165, 1.54) is 12.3 Å². The Hall–Kier alpha value is -1.69. The minimum atomic E-state index is -1.14. The quantitative estimate of drug-likeness (QED) is 0.627. The van der Waals surface area contributed by atoms with Gasteiger partial charge in [0.2, 0.25) is 0 Å². The van der Waals surface area contributed by atoms with Crippen LogP contribution in [-0.2, 0) is 0 Å². The van der Waals surface area contributed by atoms with E-state index in [9.17, 15) is 15.0 Å². The summed E-state index contributed by atoms with van der Waals surface area (Å²) in [5, 5.41) is 28.9. The van der Waals surface area contributed by atoms with Gasteiger partial charge in [-0.15, -0.1) is 0 Å². The number of aromatic nitrogens is 1. The van der Waals surface area contributed by atoms with Crippen LogP contribution in [0.5, 0.6) is 0 Å². The molecule has 0 radical (unpaired) electrons. The highest BCUT2D eigenvalue weighted by atomic mass is 16.3. The van der Waals surface area contributed by atoms with E-state index >= 15 is 0 Å². The van der Waals surface area contributed by atoms with Crippen LogP contribution < -0.4 is 5.43 Å². The van der Waals surface area contributed by atoms with Crippen LogP contribution >= 0.6 is 0 Å². The Morgan fingerprint density at radius 3 is 2.72 bits per heavy atom. The minimum absolute atomic E-state index is 0.0780. The van der Waals surface area contributed by atoms with Crippen molar-refractivity contribution in [1.82, 2.24) is 4.98 Å². The third-order valence-corrected chi connectivity index (χ3v) is 2.93. The lowest BCUT2D eigenvalue weighted by Crippen LogP contribution is -2.20. The van der Waals surface area contributed by atoms with Gasteiger partial charge in [-0.25, -0.2) is 0 Å². The molecule has 0 saturated carbocycles. The molecule has 2 aromatic rings. The largest absolute Gasteiger partial charge is 0.396 e. The standard InChI is InChI=1S/C13H15NO4/c15-7-5-11(17)13(18)9-3-1-2-8-10(16)4-6-14-12(8)9/h1-4,6,11,13,15,17-18H,5,7H2,(H,14,16). The molecule has 96 valence electrons. The molecule has 4 N–H and O–H groups in total. The number of pyridine rings is 1. The third kappa shape index (κ3) is 2.28. The van der Waals surface area contributed by atoms with Crippen molar-refractivity contribution in [3.63, 3.8) is 0 Å². The van der Waals surface area contributed by atoms with Gasteiger partial charge in [-0.2, -0.15) is 0 Å². The zero-order chi connectivity index (χ0) is 13.1. The van der Waals surface area contributed by atoms with Crippen molar-refractivity contribution >= 4 is 10.9 Å². The fourth-order valence-corrected chi connectivity index (χ4v) is 1.97. The van der Waals surface area contributed by atoms with Gasteiger partial charge in [-0.3, -0.25) is 4.79 Å². The van der Waals surface area contributed by atoms with Crippen LogP contribution in [-0.4, -0.2) is 33.0 Å². The highest BCUT2D eigenvalue weighted by Gasteiger charge is 2.20. The normalized spacial score (nSPS) is 14.6. The van der Waals surface area contributed by atoms with E-state index in [1.807, 2.05) is 0 Å². The number of H-pyrrole nitrogens is 1. The molecule has 0 spiro atoms. The predicted molar refractivity (Wildman–Crippen MR) is 67.2 cm³/mol. The average Bonchev–Trinajstić information content (AvgIpc) is 2.38. The van der Waals surface area contributed by atoms with Gasteiger partial charge in [0.1, 0.15) is 6.10 Å². The molecule has 1 aromatic carbocycles. The number of aliphatic hydroxyl groups is 3. The van der Waals surface area contributed by atoms with Crippen LogP contribution in [0.15, 0.2) is 35.3 Å².